The minimum absolute atomic E-state index is 0.963. The second kappa shape index (κ2) is 2.48. The van der Waals surface area contributed by atoms with Gasteiger partial charge < -0.3 is 0 Å². The first-order valence-electron chi connectivity index (χ1n) is 2.05. The van der Waals surface area contributed by atoms with Gasteiger partial charge in [0, 0.05) is 12.3 Å². The second-order valence-electron chi connectivity index (χ2n) is 1.17. The van der Waals surface area contributed by atoms with Gasteiger partial charge in [-0.25, -0.2) is 0 Å². The van der Waals surface area contributed by atoms with Crippen LogP contribution in [0, 0.1) is 6.42 Å². The van der Waals surface area contributed by atoms with Crippen molar-refractivity contribution in [2.24, 2.45) is 0 Å². The third-order valence-corrected chi connectivity index (χ3v) is 1.44. The van der Waals surface area contributed by atoms with E-state index in [4.69, 9.17) is 0 Å². The van der Waals surface area contributed by atoms with Crippen molar-refractivity contribution < 1.29 is 0 Å². The topological polar surface area (TPSA) is 12.0 Å². The first-order chi connectivity index (χ1) is 3.00. The number of hydrogen-bond donors (Lipinski definition) is 1. The molecule has 1 saturated heterocycles. The first kappa shape index (κ1) is 4.47. The summed E-state index contributed by atoms with van der Waals surface area (Å²) in [7, 11) is 0. The summed E-state index contributed by atoms with van der Waals surface area (Å²) >= 11 is 1.78. The summed E-state index contributed by atoms with van der Waals surface area (Å²) in [5, 5.41) is 0. The van der Waals surface area contributed by atoms with E-state index in [1.54, 1.807) is 11.9 Å². The van der Waals surface area contributed by atoms with Gasteiger partial charge in [0.05, 0.1) is 0 Å². The van der Waals surface area contributed by atoms with Gasteiger partial charge >= 0.3 is 0 Å². The Kier molecular flexibility index (Phi) is 1.85. The SMILES string of the molecule is [C]1CCSNC1. The highest BCUT2D eigenvalue weighted by atomic mass is 32.2. The molecule has 1 rings (SSSR count). The van der Waals surface area contributed by atoms with Crippen LogP contribution in [0.2, 0.25) is 0 Å². The average molecular weight is 101 g/mol. The molecule has 0 saturated carbocycles. The third kappa shape index (κ3) is 1.19. The molecule has 0 spiro atoms. The number of rotatable bonds is 0. The van der Waals surface area contributed by atoms with E-state index in [9.17, 15) is 0 Å². The van der Waals surface area contributed by atoms with E-state index in [0.29, 0.717) is 0 Å². The Morgan fingerprint density at radius 1 is 1.67 bits per heavy atom. The van der Waals surface area contributed by atoms with Crippen LogP contribution in [0.25, 0.3) is 0 Å². The van der Waals surface area contributed by atoms with E-state index in [1.807, 2.05) is 0 Å². The van der Waals surface area contributed by atoms with Gasteiger partial charge in [0.15, 0.2) is 0 Å². The highest BCUT2D eigenvalue weighted by Crippen LogP contribution is 2.03. The third-order valence-electron chi connectivity index (χ3n) is 0.680. The lowest BCUT2D eigenvalue weighted by atomic mass is 10.3. The largest absolute Gasteiger partial charge is 0.264 e. The number of nitrogens with one attached hydrogen (secondary N) is 1. The predicted molar refractivity (Wildman–Crippen MR) is 28.3 cm³/mol. The molecule has 0 bridgehead atoms. The van der Waals surface area contributed by atoms with Crippen LogP contribution in [0.15, 0.2) is 0 Å². The van der Waals surface area contributed by atoms with Crippen molar-refractivity contribution in [3.05, 3.63) is 6.42 Å². The smallest absolute Gasteiger partial charge is 0.0128 e. The fourth-order valence-electron chi connectivity index (χ4n) is 0.386. The second-order valence-corrected chi connectivity index (χ2v) is 2.16. The summed E-state index contributed by atoms with van der Waals surface area (Å²) in [6, 6.07) is 0. The maximum atomic E-state index is 3.15. The van der Waals surface area contributed by atoms with Gasteiger partial charge in [0.1, 0.15) is 0 Å². The molecule has 0 aromatic carbocycles. The molecule has 0 aromatic heterocycles. The lowest BCUT2D eigenvalue weighted by molar-refractivity contribution is 0.923. The van der Waals surface area contributed by atoms with Gasteiger partial charge in [-0.15, -0.1) is 0 Å². The lowest BCUT2D eigenvalue weighted by Gasteiger charge is -2.07. The van der Waals surface area contributed by atoms with Crippen molar-refractivity contribution in [1.82, 2.24) is 4.72 Å². The van der Waals surface area contributed by atoms with Crippen LogP contribution >= 0.6 is 11.9 Å². The molecule has 1 heterocycles. The van der Waals surface area contributed by atoms with Crippen LogP contribution < -0.4 is 4.72 Å². The molecule has 0 aliphatic carbocycles. The van der Waals surface area contributed by atoms with Gasteiger partial charge in [0.25, 0.3) is 0 Å². The van der Waals surface area contributed by atoms with Crippen LogP contribution in [0.5, 0.6) is 0 Å². The van der Waals surface area contributed by atoms with Crippen molar-refractivity contribution in [1.29, 1.82) is 0 Å². The number of hydrogen-bond acceptors (Lipinski definition) is 2. The monoisotopic (exact) mass is 101 g/mol. The fraction of sp³-hybridized carbons (Fsp3) is 0.750. The van der Waals surface area contributed by atoms with Crippen molar-refractivity contribution in [2.75, 3.05) is 12.3 Å². The average Bonchev–Trinajstić information content (AvgIpc) is 1.72. The molecule has 0 amide bonds. The van der Waals surface area contributed by atoms with Crippen LogP contribution in [-0.4, -0.2) is 12.3 Å². The zero-order chi connectivity index (χ0) is 4.24. The summed E-state index contributed by atoms with van der Waals surface area (Å²) in [5.74, 6) is 1.19. The van der Waals surface area contributed by atoms with Crippen LogP contribution in [0.3, 0.4) is 0 Å². The Morgan fingerprint density at radius 3 is 2.83 bits per heavy atom. The Hall–Kier alpha value is 0.310. The van der Waals surface area contributed by atoms with Crippen molar-refractivity contribution in [2.45, 2.75) is 6.42 Å². The molecule has 1 aliphatic heterocycles. The van der Waals surface area contributed by atoms with E-state index in [2.05, 4.69) is 11.1 Å². The Morgan fingerprint density at radius 2 is 2.67 bits per heavy atom. The Bertz CT molecular complexity index is 23.0. The van der Waals surface area contributed by atoms with Gasteiger partial charge in [-0.05, 0) is 12.8 Å². The standard InChI is InChI=1S/C4H7NS/c1-2-4-6-5-3-1/h5H,2-4H2. The Labute approximate surface area is 42.6 Å². The lowest BCUT2D eigenvalue weighted by Crippen LogP contribution is -2.12. The molecule has 34 valence electrons. The molecule has 1 fully saturated rings. The van der Waals surface area contributed by atoms with Crippen LogP contribution in [0.1, 0.15) is 6.42 Å². The summed E-state index contributed by atoms with van der Waals surface area (Å²) in [6.45, 7) is 0.963. The Balaban J connectivity index is 2.00. The van der Waals surface area contributed by atoms with Gasteiger partial charge in [-0.2, -0.15) is 0 Å². The van der Waals surface area contributed by atoms with E-state index in [1.165, 1.54) is 5.75 Å². The molecule has 0 aromatic rings. The quantitative estimate of drug-likeness (QED) is 0.451. The fourth-order valence-corrected chi connectivity index (χ4v) is 0.981. The van der Waals surface area contributed by atoms with E-state index >= 15 is 0 Å². The molecule has 0 atom stereocenters. The zero-order valence-corrected chi connectivity index (χ0v) is 4.35. The normalized spacial score (nSPS) is 24.0. The van der Waals surface area contributed by atoms with Crippen LogP contribution in [-0.2, 0) is 0 Å². The summed E-state index contributed by atoms with van der Waals surface area (Å²) in [4.78, 5) is 0. The van der Waals surface area contributed by atoms with Gasteiger partial charge in [0.2, 0.25) is 0 Å². The summed E-state index contributed by atoms with van der Waals surface area (Å²) < 4.78 is 3.09. The predicted octanol–water partition coefficient (Wildman–Crippen LogP) is 0.709. The van der Waals surface area contributed by atoms with Crippen LogP contribution in [0.4, 0.5) is 0 Å². The highest BCUT2D eigenvalue weighted by molar-refractivity contribution is 7.97. The maximum Gasteiger partial charge on any atom is 0.0128 e. The molecule has 2 radical (unpaired) electrons. The van der Waals surface area contributed by atoms with Gasteiger partial charge in [-0.3, -0.25) is 4.72 Å². The molecule has 1 N–H and O–H groups in total. The minimum Gasteiger partial charge on any atom is -0.264 e. The zero-order valence-electron chi connectivity index (χ0n) is 3.53. The molecule has 2 heteroatoms. The highest BCUT2D eigenvalue weighted by Gasteiger charge is 1.95. The summed E-state index contributed by atoms with van der Waals surface area (Å²) in [5.41, 5.74) is 0. The maximum absolute atomic E-state index is 3.15. The van der Waals surface area contributed by atoms with E-state index in [0.717, 1.165) is 13.0 Å². The molecular formula is C4H7NS. The molecule has 1 aliphatic rings. The van der Waals surface area contributed by atoms with Crippen molar-refractivity contribution in [3.8, 4) is 0 Å². The van der Waals surface area contributed by atoms with Crippen molar-refractivity contribution in [3.63, 3.8) is 0 Å². The van der Waals surface area contributed by atoms with E-state index < -0.39 is 0 Å². The molecular weight excluding hydrogens is 94.1 g/mol. The molecule has 6 heavy (non-hydrogen) atoms. The van der Waals surface area contributed by atoms with Crippen molar-refractivity contribution >= 4 is 11.9 Å². The van der Waals surface area contributed by atoms with Gasteiger partial charge in [-0.1, -0.05) is 11.9 Å². The first-order valence-corrected chi connectivity index (χ1v) is 3.04. The minimum atomic E-state index is 0.963. The van der Waals surface area contributed by atoms with E-state index in [-0.39, 0.29) is 0 Å². The molecule has 1 nitrogen and oxygen atoms in total. The molecule has 0 unspecified atom stereocenters. The summed E-state index contributed by atoms with van der Waals surface area (Å²) in [6.07, 6.45) is 4.30.